The summed E-state index contributed by atoms with van der Waals surface area (Å²) in [5, 5.41) is 9.96. The quantitative estimate of drug-likeness (QED) is 0.682. The lowest BCUT2D eigenvalue weighted by molar-refractivity contribution is -0.159. The lowest BCUT2D eigenvalue weighted by Crippen LogP contribution is -2.73. The zero-order valence-corrected chi connectivity index (χ0v) is 17.1. The van der Waals surface area contributed by atoms with Crippen LogP contribution in [0.25, 0.3) is 11.1 Å². The van der Waals surface area contributed by atoms with Gasteiger partial charge in [-0.05, 0) is 28.8 Å². The minimum Gasteiger partial charge on any atom is -0.394 e. The van der Waals surface area contributed by atoms with Gasteiger partial charge in [-0.25, -0.2) is 9.37 Å². The van der Waals surface area contributed by atoms with E-state index >= 15 is 0 Å². The number of hydrogen-bond acceptors (Lipinski definition) is 5. The Morgan fingerprint density at radius 2 is 1.94 bits per heavy atom. The Labute approximate surface area is 184 Å². The van der Waals surface area contributed by atoms with Gasteiger partial charge in [-0.2, -0.15) is 0 Å². The molecule has 2 saturated heterocycles. The summed E-state index contributed by atoms with van der Waals surface area (Å²) in [5.74, 6) is -0.929. The number of benzene rings is 2. The third-order valence-corrected chi connectivity index (χ3v) is 6.28. The summed E-state index contributed by atoms with van der Waals surface area (Å²) in [6, 6.07) is 13.5. The first kappa shape index (κ1) is 20.3. The van der Waals surface area contributed by atoms with Crippen LogP contribution in [0.4, 0.5) is 4.39 Å². The number of amides is 2. The second-order valence-corrected chi connectivity index (χ2v) is 8.05. The lowest BCUT2D eigenvalue weighted by Gasteiger charge is -2.58. The number of fused-ring (bicyclic) bond motifs is 1. The highest BCUT2D eigenvalue weighted by atomic mass is 19.1. The molecule has 8 heteroatoms. The van der Waals surface area contributed by atoms with Crippen LogP contribution in [0.5, 0.6) is 0 Å². The van der Waals surface area contributed by atoms with E-state index in [4.69, 9.17) is 0 Å². The smallest absolute Gasteiger partial charge is 0.274 e. The van der Waals surface area contributed by atoms with E-state index in [1.165, 1.54) is 35.6 Å². The second-order valence-electron chi connectivity index (χ2n) is 8.05. The molecule has 0 unspecified atom stereocenters. The Hall–Kier alpha value is -3.65. The number of piperazine rings is 1. The number of aliphatic hydroxyl groups excluding tert-OH is 1. The normalized spacial score (nSPS) is 22.3. The number of hydrogen-bond donors (Lipinski definition) is 1. The van der Waals surface area contributed by atoms with E-state index in [2.05, 4.69) is 9.97 Å². The monoisotopic (exact) mass is 432 g/mol. The van der Waals surface area contributed by atoms with Crippen LogP contribution < -0.4 is 0 Å². The van der Waals surface area contributed by atoms with Crippen LogP contribution in [-0.2, 0) is 4.79 Å². The van der Waals surface area contributed by atoms with E-state index in [1.54, 1.807) is 11.0 Å². The third kappa shape index (κ3) is 3.42. The van der Waals surface area contributed by atoms with Crippen molar-refractivity contribution in [3.05, 3.63) is 84.2 Å². The molecule has 5 rings (SSSR count). The van der Waals surface area contributed by atoms with Gasteiger partial charge in [0.05, 0.1) is 24.9 Å². The maximum Gasteiger partial charge on any atom is 0.274 e. The van der Waals surface area contributed by atoms with Gasteiger partial charge in [-0.3, -0.25) is 14.6 Å². The first-order valence-electron chi connectivity index (χ1n) is 10.4. The van der Waals surface area contributed by atoms with Crippen LogP contribution in [0.15, 0.2) is 67.1 Å². The van der Waals surface area contributed by atoms with Crippen molar-refractivity contribution in [1.29, 1.82) is 0 Å². The Bertz CT molecular complexity index is 1160. The Morgan fingerprint density at radius 1 is 1.12 bits per heavy atom. The molecule has 0 saturated carbocycles. The molecule has 3 heterocycles. The van der Waals surface area contributed by atoms with Gasteiger partial charge in [0.25, 0.3) is 5.91 Å². The molecule has 0 bridgehead atoms. The Kier molecular flexibility index (Phi) is 5.14. The molecule has 2 aliphatic heterocycles. The highest BCUT2D eigenvalue weighted by Gasteiger charge is 2.54. The summed E-state index contributed by atoms with van der Waals surface area (Å²) in [6.07, 6.45) is 4.32. The van der Waals surface area contributed by atoms with E-state index in [0.717, 1.165) is 16.7 Å². The maximum atomic E-state index is 13.6. The van der Waals surface area contributed by atoms with E-state index in [1.807, 2.05) is 30.3 Å². The van der Waals surface area contributed by atoms with Crippen LogP contribution in [-0.4, -0.2) is 68.5 Å². The predicted octanol–water partition coefficient (Wildman–Crippen LogP) is 2.09. The number of aliphatic hydroxyl groups is 1. The molecule has 162 valence electrons. The van der Waals surface area contributed by atoms with Crippen molar-refractivity contribution < 1.29 is 19.1 Å². The number of carbonyl (C=O) groups excluding carboxylic acids is 2. The third-order valence-electron chi connectivity index (χ3n) is 6.28. The number of halogens is 1. The fraction of sp³-hybridized carbons (Fsp3) is 0.250. The highest BCUT2D eigenvalue weighted by Crippen LogP contribution is 2.43. The first-order valence-corrected chi connectivity index (χ1v) is 10.4. The van der Waals surface area contributed by atoms with Crippen molar-refractivity contribution in [2.45, 2.75) is 18.0 Å². The largest absolute Gasteiger partial charge is 0.394 e. The van der Waals surface area contributed by atoms with Crippen LogP contribution in [0, 0.1) is 5.82 Å². The minimum atomic E-state index is -0.334. The molecule has 2 aromatic carbocycles. The summed E-state index contributed by atoms with van der Waals surface area (Å²) >= 11 is 0. The molecule has 0 radical (unpaired) electrons. The first-order chi connectivity index (χ1) is 15.6. The SMILES string of the molecule is O=C(c1cnccn1)N1CC(=O)N2[C@@H](CO)[C@H](c3ccc(-c4cccc(F)c4)cc3)[C@@H]2C1. The Morgan fingerprint density at radius 3 is 2.62 bits per heavy atom. The molecule has 0 spiro atoms. The molecule has 2 amide bonds. The number of aromatic nitrogens is 2. The van der Waals surface area contributed by atoms with Crippen molar-refractivity contribution in [1.82, 2.24) is 19.8 Å². The van der Waals surface area contributed by atoms with Gasteiger partial charge in [0.1, 0.15) is 18.1 Å². The molecule has 1 N–H and O–H groups in total. The molecule has 7 nitrogen and oxygen atoms in total. The fourth-order valence-corrected chi connectivity index (χ4v) is 4.79. The van der Waals surface area contributed by atoms with Gasteiger partial charge in [0.2, 0.25) is 5.91 Å². The zero-order valence-electron chi connectivity index (χ0n) is 17.1. The molecule has 3 aromatic rings. The summed E-state index contributed by atoms with van der Waals surface area (Å²) in [7, 11) is 0. The van der Waals surface area contributed by atoms with Crippen molar-refractivity contribution in [2.24, 2.45) is 0 Å². The molecular weight excluding hydrogens is 411 g/mol. The number of rotatable bonds is 4. The number of nitrogens with zero attached hydrogens (tertiary/aromatic N) is 4. The molecule has 3 atom stereocenters. The summed E-state index contributed by atoms with van der Waals surface area (Å²) in [4.78, 5) is 36.7. The zero-order chi connectivity index (χ0) is 22.2. The van der Waals surface area contributed by atoms with Crippen LogP contribution >= 0.6 is 0 Å². The summed E-state index contributed by atoms with van der Waals surface area (Å²) in [5.41, 5.74) is 2.82. The van der Waals surface area contributed by atoms with Crippen molar-refractivity contribution in [3.63, 3.8) is 0 Å². The van der Waals surface area contributed by atoms with Gasteiger partial charge < -0.3 is 14.9 Å². The van der Waals surface area contributed by atoms with Gasteiger partial charge in [0, 0.05) is 24.9 Å². The van der Waals surface area contributed by atoms with E-state index in [9.17, 15) is 19.1 Å². The summed E-state index contributed by atoms with van der Waals surface area (Å²) in [6.45, 7) is 0.151. The van der Waals surface area contributed by atoms with E-state index < -0.39 is 0 Å². The van der Waals surface area contributed by atoms with Gasteiger partial charge in [-0.1, -0.05) is 36.4 Å². The highest BCUT2D eigenvalue weighted by molar-refractivity contribution is 5.96. The molecule has 1 aromatic heterocycles. The Balaban J connectivity index is 1.39. The average molecular weight is 432 g/mol. The topological polar surface area (TPSA) is 86.6 Å². The van der Waals surface area contributed by atoms with Crippen molar-refractivity contribution in [2.75, 3.05) is 19.7 Å². The maximum absolute atomic E-state index is 13.6. The molecule has 0 aliphatic carbocycles. The molecule has 2 fully saturated rings. The lowest BCUT2D eigenvalue weighted by atomic mass is 9.73. The van der Waals surface area contributed by atoms with Gasteiger partial charge in [0.15, 0.2) is 0 Å². The van der Waals surface area contributed by atoms with Gasteiger partial charge in [-0.15, -0.1) is 0 Å². The fourth-order valence-electron chi connectivity index (χ4n) is 4.79. The van der Waals surface area contributed by atoms with Crippen molar-refractivity contribution >= 4 is 11.8 Å². The van der Waals surface area contributed by atoms with E-state index in [0.29, 0.717) is 6.54 Å². The molecular formula is C24H21FN4O3. The van der Waals surface area contributed by atoms with Crippen molar-refractivity contribution in [3.8, 4) is 11.1 Å². The summed E-state index contributed by atoms with van der Waals surface area (Å²) < 4.78 is 13.6. The standard InChI is InChI=1S/C24H21FN4O3/c25-18-3-1-2-17(10-18)15-4-6-16(7-5-15)23-20-12-28(13-22(31)29(20)21(23)14-30)24(32)19-11-26-8-9-27-19/h1-11,20-21,23,30H,12-14H2/t20-,21-,23+/m0/s1. The number of carbonyl (C=O) groups is 2. The second kappa shape index (κ2) is 8.12. The molecule has 32 heavy (non-hydrogen) atoms. The predicted molar refractivity (Wildman–Crippen MR) is 114 cm³/mol. The average Bonchev–Trinajstić information content (AvgIpc) is 2.81. The van der Waals surface area contributed by atoms with Crippen LogP contribution in [0.3, 0.4) is 0 Å². The van der Waals surface area contributed by atoms with E-state index in [-0.39, 0.29) is 54.5 Å². The van der Waals surface area contributed by atoms with Crippen LogP contribution in [0.1, 0.15) is 22.0 Å². The molecule has 2 aliphatic rings. The minimum absolute atomic E-state index is 0.0480. The van der Waals surface area contributed by atoms with Gasteiger partial charge >= 0.3 is 0 Å². The van der Waals surface area contributed by atoms with Crippen LogP contribution in [0.2, 0.25) is 0 Å².